The first-order chi connectivity index (χ1) is 8.81. The second kappa shape index (κ2) is 5.93. The SMILES string of the molecule is COCc1cccc(Oc2cncc(C=O)c2)c1. The van der Waals surface area contributed by atoms with Crippen LogP contribution in [0.25, 0.3) is 0 Å². The number of hydrogen-bond acceptors (Lipinski definition) is 4. The fourth-order valence-corrected chi connectivity index (χ4v) is 1.56. The van der Waals surface area contributed by atoms with Gasteiger partial charge in [-0.05, 0) is 23.8 Å². The summed E-state index contributed by atoms with van der Waals surface area (Å²) in [5.41, 5.74) is 1.51. The number of rotatable bonds is 5. The Morgan fingerprint density at radius 1 is 1.22 bits per heavy atom. The van der Waals surface area contributed by atoms with Gasteiger partial charge in [0.2, 0.25) is 0 Å². The third kappa shape index (κ3) is 3.15. The number of hydrogen-bond donors (Lipinski definition) is 0. The molecule has 0 bridgehead atoms. The monoisotopic (exact) mass is 243 g/mol. The van der Waals surface area contributed by atoms with E-state index >= 15 is 0 Å². The van der Waals surface area contributed by atoms with Crippen molar-refractivity contribution >= 4 is 6.29 Å². The molecule has 2 aromatic rings. The fourth-order valence-electron chi connectivity index (χ4n) is 1.56. The van der Waals surface area contributed by atoms with E-state index in [1.165, 1.54) is 6.20 Å². The van der Waals surface area contributed by atoms with Gasteiger partial charge in [0, 0.05) is 18.9 Å². The van der Waals surface area contributed by atoms with Crippen molar-refractivity contribution in [1.82, 2.24) is 4.98 Å². The summed E-state index contributed by atoms with van der Waals surface area (Å²) in [4.78, 5) is 14.6. The smallest absolute Gasteiger partial charge is 0.151 e. The number of aromatic nitrogens is 1. The normalized spacial score (nSPS) is 10.1. The highest BCUT2D eigenvalue weighted by molar-refractivity contribution is 5.74. The zero-order valence-corrected chi connectivity index (χ0v) is 10.00. The Hall–Kier alpha value is -2.20. The molecule has 1 aromatic heterocycles. The molecular formula is C14H13NO3. The van der Waals surface area contributed by atoms with Gasteiger partial charge in [0.15, 0.2) is 6.29 Å². The second-order valence-electron chi connectivity index (χ2n) is 3.75. The summed E-state index contributed by atoms with van der Waals surface area (Å²) in [6, 6.07) is 9.21. The number of methoxy groups -OCH3 is 1. The number of carbonyl (C=O) groups excluding carboxylic acids is 1. The van der Waals surface area contributed by atoms with E-state index in [-0.39, 0.29) is 0 Å². The lowest BCUT2D eigenvalue weighted by Crippen LogP contribution is -1.91. The molecule has 18 heavy (non-hydrogen) atoms. The molecule has 4 heteroatoms. The summed E-state index contributed by atoms with van der Waals surface area (Å²) in [5.74, 6) is 1.23. The molecule has 0 radical (unpaired) electrons. The van der Waals surface area contributed by atoms with Crippen molar-refractivity contribution in [2.75, 3.05) is 7.11 Å². The predicted molar refractivity (Wildman–Crippen MR) is 66.9 cm³/mol. The van der Waals surface area contributed by atoms with Crippen molar-refractivity contribution in [3.63, 3.8) is 0 Å². The number of aldehydes is 1. The second-order valence-corrected chi connectivity index (χ2v) is 3.75. The molecule has 0 saturated carbocycles. The third-order valence-electron chi connectivity index (χ3n) is 2.32. The van der Waals surface area contributed by atoms with Gasteiger partial charge in [-0.25, -0.2) is 0 Å². The third-order valence-corrected chi connectivity index (χ3v) is 2.32. The van der Waals surface area contributed by atoms with Crippen LogP contribution in [-0.4, -0.2) is 18.4 Å². The minimum atomic E-state index is 0.487. The molecular weight excluding hydrogens is 230 g/mol. The van der Waals surface area contributed by atoms with E-state index in [2.05, 4.69) is 4.98 Å². The lowest BCUT2D eigenvalue weighted by molar-refractivity contribution is 0.112. The van der Waals surface area contributed by atoms with Crippen LogP contribution in [0.3, 0.4) is 0 Å². The highest BCUT2D eigenvalue weighted by Crippen LogP contribution is 2.22. The maximum Gasteiger partial charge on any atom is 0.151 e. The number of carbonyl (C=O) groups is 1. The molecule has 0 amide bonds. The molecule has 0 atom stereocenters. The zero-order valence-electron chi connectivity index (χ0n) is 10.00. The van der Waals surface area contributed by atoms with Crippen LogP contribution in [0.4, 0.5) is 0 Å². The van der Waals surface area contributed by atoms with Gasteiger partial charge in [-0.15, -0.1) is 0 Å². The zero-order chi connectivity index (χ0) is 12.8. The number of nitrogens with zero attached hydrogens (tertiary/aromatic N) is 1. The quantitative estimate of drug-likeness (QED) is 0.757. The van der Waals surface area contributed by atoms with Crippen molar-refractivity contribution < 1.29 is 14.3 Å². The lowest BCUT2D eigenvalue weighted by atomic mass is 10.2. The van der Waals surface area contributed by atoms with E-state index in [0.717, 1.165) is 11.8 Å². The highest BCUT2D eigenvalue weighted by Gasteiger charge is 2.01. The summed E-state index contributed by atoms with van der Waals surface area (Å²) >= 11 is 0. The van der Waals surface area contributed by atoms with Crippen molar-refractivity contribution in [3.05, 3.63) is 53.9 Å². The summed E-state index contributed by atoms with van der Waals surface area (Å²) in [6.45, 7) is 0.532. The molecule has 0 unspecified atom stereocenters. The van der Waals surface area contributed by atoms with Crippen molar-refractivity contribution in [3.8, 4) is 11.5 Å². The Morgan fingerprint density at radius 3 is 2.89 bits per heavy atom. The predicted octanol–water partition coefficient (Wildman–Crippen LogP) is 2.83. The number of pyridine rings is 1. The molecule has 0 saturated heterocycles. The molecule has 0 aliphatic carbocycles. The summed E-state index contributed by atoms with van der Waals surface area (Å²) in [7, 11) is 1.64. The molecule has 0 N–H and O–H groups in total. The Morgan fingerprint density at radius 2 is 2.11 bits per heavy atom. The van der Waals surface area contributed by atoms with Crippen molar-refractivity contribution in [2.24, 2.45) is 0 Å². The van der Waals surface area contributed by atoms with E-state index in [0.29, 0.717) is 23.7 Å². The molecule has 0 fully saturated rings. The maximum absolute atomic E-state index is 10.6. The Balaban J connectivity index is 2.17. The van der Waals surface area contributed by atoms with Crippen LogP contribution in [-0.2, 0) is 11.3 Å². The Kier molecular flexibility index (Phi) is 4.04. The minimum absolute atomic E-state index is 0.487. The van der Waals surface area contributed by atoms with E-state index in [4.69, 9.17) is 9.47 Å². The summed E-state index contributed by atoms with van der Waals surface area (Å²) in [5, 5.41) is 0. The van der Waals surface area contributed by atoms with E-state index in [1.54, 1.807) is 19.4 Å². The van der Waals surface area contributed by atoms with E-state index < -0.39 is 0 Å². The van der Waals surface area contributed by atoms with Gasteiger partial charge in [0.05, 0.1) is 12.8 Å². The topological polar surface area (TPSA) is 48.4 Å². The Labute approximate surface area is 105 Å². The number of ether oxygens (including phenoxy) is 2. The molecule has 92 valence electrons. The first kappa shape index (κ1) is 12.3. The molecule has 0 aliphatic rings. The molecule has 1 aromatic carbocycles. The van der Waals surface area contributed by atoms with Crippen molar-refractivity contribution in [2.45, 2.75) is 6.61 Å². The van der Waals surface area contributed by atoms with Crippen LogP contribution in [0.5, 0.6) is 11.5 Å². The average molecular weight is 243 g/mol. The molecule has 0 aliphatic heterocycles. The van der Waals surface area contributed by atoms with Crippen molar-refractivity contribution in [1.29, 1.82) is 0 Å². The first-order valence-corrected chi connectivity index (χ1v) is 5.48. The van der Waals surface area contributed by atoms with Crippen LogP contribution >= 0.6 is 0 Å². The number of benzene rings is 1. The average Bonchev–Trinajstić information content (AvgIpc) is 2.40. The summed E-state index contributed by atoms with van der Waals surface area (Å²) in [6.07, 6.45) is 3.79. The van der Waals surface area contributed by atoms with Crippen LogP contribution in [0.1, 0.15) is 15.9 Å². The van der Waals surface area contributed by atoms with Gasteiger partial charge in [-0.1, -0.05) is 12.1 Å². The molecule has 4 nitrogen and oxygen atoms in total. The van der Waals surface area contributed by atoms with Gasteiger partial charge in [0.25, 0.3) is 0 Å². The molecule has 2 rings (SSSR count). The van der Waals surface area contributed by atoms with Crippen LogP contribution < -0.4 is 4.74 Å². The van der Waals surface area contributed by atoms with Crippen LogP contribution in [0.15, 0.2) is 42.7 Å². The molecule has 1 heterocycles. The van der Waals surface area contributed by atoms with E-state index in [9.17, 15) is 4.79 Å². The van der Waals surface area contributed by atoms with E-state index in [1.807, 2.05) is 24.3 Å². The first-order valence-electron chi connectivity index (χ1n) is 5.48. The fraction of sp³-hybridized carbons (Fsp3) is 0.143. The van der Waals surface area contributed by atoms with Gasteiger partial charge in [-0.2, -0.15) is 0 Å². The van der Waals surface area contributed by atoms with Crippen LogP contribution in [0.2, 0.25) is 0 Å². The highest BCUT2D eigenvalue weighted by atomic mass is 16.5. The standard InChI is InChI=1S/C14H13NO3/c1-17-10-11-3-2-4-13(5-11)18-14-6-12(9-16)7-15-8-14/h2-9H,10H2,1H3. The van der Waals surface area contributed by atoms with Gasteiger partial charge >= 0.3 is 0 Å². The Bertz CT molecular complexity index is 540. The minimum Gasteiger partial charge on any atom is -0.456 e. The lowest BCUT2D eigenvalue weighted by Gasteiger charge is -2.07. The maximum atomic E-state index is 10.6. The van der Waals surface area contributed by atoms with Gasteiger partial charge < -0.3 is 9.47 Å². The van der Waals surface area contributed by atoms with Crippen LogP contribution in [0, 0.1) is 0 Å². The molecule has 0 spiro atoms. The largest absolute Gasteiger partial charge is 0.456 e. The summed E-state index contributed by atoms with van der Waals surface area (Å²) < 4.78 is 10.7. The van der Waals surface area contributed by atoms with Gasteiger partial charge in [0.1, 0.15) is 11.5 Å². The van der Waals surface area contributed by atoms with Gasteiger partial charge in [-0.3, -0.25) is 9.78 Å².